The normalized spacial score (nSPS) is 16.3. The van der Waals surface area contributed by atoms with Crippen LogP contribution in [0, 0.1) is 23.0 Å². The van der Waals surface area contributed by atoms with Crippen LogP contribution < -0.4 is 0 Å². The van der Waals surface area contributed by atoms with Crippen molar-refractivity contribution < 1.29 is 8.78 Å². The van der Waals surface area contributed by atoms with Gasteiger partial charge in [-0.3, -0.25) is 0 Å². The minimum atomic E-state index is -0.409. The average Bonchev–Trinajstić information content (AvgIpc) is 2.61. The van der Waals surface area contributed by atoms with Crippen LogP contribution in [0.25, 0.3) is 0 Å². The van der Waals surface area contributed by atoms with Gasteiger partial charge in [-0.25, -0.2) is 8.78 Å². The zero-order valence-corrected chi connectivity index (χ0v) is 14.6. The highest BCUT2D eigenvalue weighted by atomic mass is 19.1. The molecule has 0 fully saturated rings. The van der Waals surface area contributed by atoms with Gasteiger partial charge in [0, 0.05) is 5.56 Å². The third-order valence-electron chi connectivity index (χ3n) is 5.18. The molecule has 0 heterocycles. The first kappa shape index (κ1) is 17.6. The fourth-order valence-corrected chi connectivity index (χ4v) is 3.82. The zero-order valence-electron chi connectivity index (χ0n) is 14.6. The average molecular weight is 339 g/mol. The Bertz CT molecular complexity index is 781. The Morgan fingerprint density at radius 3 is 2.52 bits per heavy atom. The third-order valence-corrected chi connectivity index (χ3v) is 5.18. The number of fused-ring (bicyclic) bond motifs is 1. The Hall–Kier alpha value is -2.21. The lowest BCUT2D eigenvalue weighted by atomic mass is 9.79. The van der Waals surface area contributed by atoms with Crippen molar-refractivity contribution in [3.05, 3.63) is 69.8 Å². The number of rotatable bonds is 5. The van der Waals surface area contributed by atoms with Crippen LogP contribution in [0.4, 0.5) is 8.78 Å². The number of benzene rings is 2. The lowest BCUT2D eigenvalue weighted by molar-refractivity contribution is 0.489. The summed E-state index contributed by atoms with van der Waals surface area (Å²) in [5, 5.41) is 9.00. The predicted molar refractivity (Wildman–Crippen MR) is 95.5 cm³/mol. The summed E-state index contributed by atoms with van der Waals surface area (Å²) in [5.74, 6) is -0.952. The minimum Gasteiger partial charge on any atom is -0.207 e. The van der Waals surface area contributed by atoms with Crippen molar-refractivity contribution in [2.75, 3.05) is 0 Å². The van der Waals surface area contributed by atoms with E-state index >= 15 is 0 Å². The molecule has 0 saturated carbocycles. The quantitative estimate of drug-likeness (QED) is 0.628. The number of hydrogen-bond donors (Lipinski definition) is 0. The summed E-state index contributed by atoms with van der Waals surface area (Å²) in [6.07, 6.45) is 5.97. The molecular formula is C22H23F2N. The van der Waals surface area contributed by atoms with Gasteiger partial charge in [-0.2, -0.15) is 5.26 Å². The van der Waals surface area contributed by atoms with E-state index in [0.717, 1.165) is 48.8 Å². The molecular weight excluding hydrogens is 316 g/mol. The SMILES string of the molecule is CCCCCc1cc(F)c(C2CCc3cc(C#N)ccc3C2)c(F)c1. The molecule has 0 saturated heterocycles. The van der Waals surface area contributed by atoms with Crippen molar-refractivity contribution in [2.24, 2.45) is 0 Å². The number of aryl methyl sites for hydroxylation is 2. The maximum absolute atomic E-state index is 14.6. The summed E-state index contributed by atoms with van der Waals surface area (Å²) in [6, 6.07) is 10.8. The van der Waals surface area contributed by atoms with Crippen LogP contribution in [0.1, 0.15) is 66.3 Å². The van der Waals surface area contributed by atoms with E-state index in [2.05, 4.69) is 13.0 Å². The summed E-state index contributed by atoms with van der Waals surface area (Å²) >= 11 is 0. The molecule has 0 radical (unpaired) electrons. The molecule has 3 rings (SSSR count). The maximum Gasteiger partial charge on any atom is 0.129 e. The van der Waals surface area contributed by atoms with Gasteiger partial charge in [-0.05, 0) is 79.0 Å². The van der Waals surface area contributed by atoms with Gasteiger partial charge in [-0.15, -0.1) is 0 Å². The molecule has 1 aliphatic carbocycles. The zero-order chi connectivity index (χ0) is 17.8. The van der Waals surface area contributed by atoms with E-state index in [1.54, 1.807) is 6.07 Å². The van der Waals surface area contributed by atoms with Crippen LogP contribution in [-0.2, 0) is 19.3 Å². The molecule has 0 N–H and O–H groups in total. The molecule has 0 bridgehead atoms. The van der Waals surface area contributed by atoms with Gasteiger partial charge < -0.3 is 0 Å². The van der Waals surface area contributed by atoms with Crippen molar-refractivity contribution in [3.8, 4) is 6.07 Å². The van der Waals surface area contributed by atoms with Crippen LogP contribution in [0.5, 0.6) is 0 Å². The molecule has 1 aliphatic rings. The van der Waals surface area contributed by atoms with Crippen LogP contribution >= 0.6 is 0 Å². The first-order valence-electron chi connectivity index (χ1n) is 9.12. The van der Waals surface area contributed by atoms with E-state index in [1.807, 2.05) is 12.1 Å². The Morgan fingerprint density at radius 2 is 1.84 bits per heavy atom. The van der Waals surface area contributed by atoms with Gasteiger partial charge in [0.05, 0.1) is 11.6 Å². The number of halogens is 2. The molecule has 1 unspecified atom stereocenters. The molecule has 2 aromatic rings. The summed E-state index contributed by atoms with van der Waals surface area (Å²) < 4.78 is 29.2. The summed E-state index contributed by atoms with van der Waals surface area (Å²) in [6.45, 7) is 2.12. The van der Waals surface area contributed by atoms with E-state index in [1.165, 1.54) is 12.1 Å². The number of nitrogens with zero attached hydrogens (tertiary/aromatic N) is 1. The Kier molecular flexibility index (Phi) is 5.48. The summed E-state index contributed by atoms with van der Waals surface area (Å²) in [4.78, 5) is 0. The van der Waals surface area contributed by atoms with Gasteiger partial charge in [0.2, 0.25) is 0 Å². The number of unbranched alkanes of at least 4 members (excludes halogenated alkanes) is 2. The Labute approximate surface area is 148 Å². The second-order valence-corrected chi connectivity index (χ2v) is 6.97. The van der Waals surface area contributed by atoms with Crippen molar-refractivity contribution >= 4 is 0 Å². The molecule has 130 valence electrons. The smallest absolute Gasteiger partial charge is 0.129 e. The second kappa shape index (κ2) is 7.78. The highest BCUT2D eigenvalue weighted by molar-refractivity contribution is 5.41. The van der Waals surface area contributed by atoms with E-state index in [0.29, 0.717) is 18.4 Å². The lowest BCUT2D eigenvalue weighted by Crippen LogP contribution is -2.16. The highest BCUT2D eigenvalue weighted by Crippen LogP contribution is 2.36. The monoisotopic (exact) mass is 339 g/mol. The summed E-state index contributed by atoms with van der Waals surface area (Å²) in [5.41, 5.74) is 3.86. The molecule has 2 aromatic carbocycles. The highest BCUT2D eigenvalue weighted by Gasteiger charge is 2.26. The topological polar surface area (TPSA) is 23.8 Å². The first-order chi connectivity index (χ1) is 12.1. The third kappa shape index (κ3) is 3.90. The second-order valence-electron chi connectivity index (χ2n) is 6.97. The van der Waals surface area contributed by atoms with Gasteiger partial charge in [0.25, 0.3) is 0 Å². The molecule has 0 amide bonds. The lowest BCUT2D eigenvalue weighted by Gasteiger charge is -2.26. The first-order valence-corrected chi connectivity index (χ1v) is 9.12. The van der Waals surface area contributed by atoms with Crippen LogP contribution in [0.3, 0.4) is 0 Å². The van der Waals surface area contributed by atoms with Gasteiger partial charge in [-0.1, -0.05) is 25.8 Å². The van der Waals surface area contributed by atoms with E-state index in [9.17, 15) is 8.78 Å². The molecule has 0 spiro atoms. The molecule has 1 nitrogen and oxygen atoms in total. The minimum absolute atomic E-state index is 0.134. The van der Waals surface area contributed by atoms with Crippen molar-refractivity contribution in [2.45, 2.75) is 57.8 Å². The van der Waals surface area contributed by atoms with Crippen LogP contribution in [0.2, 0.25) is 0 Å². The Morgan fingerprint density at radius 1 is 1.08 bits per heavy atom. The summed E-state index contributed by atoms with van der Waals surface area (Å²) in [7, 11) is 0. The fourth-order valence-electron chi connectivity index (χ4n) is 3.82. The van der Waals surface area contributed by atoms with Crippen molar-refractivity contribution in [1.82, 2.24) is 0 Å². The number of hydrogen-bond acceptors (Lipinski definition) is 1. The molecule has 25 heavy (non-hydrogen) atoms. The van der Waals surface area contributed by atoms with Crippen molar-refractivity contribution in [3.63, 3.8) is 0 Å². The largest absolute Gasteiger partial charge is 0.207 e. The molecule has 0 aliphatic heterocycles. The number of nitriles is 1. The van der Waals surface area contributed by atoms with E-state index in [4.69, 9.17) is 5.26 Å². The molecule has 0 aromatic heterocycles. The van der Waals surface area contributed by atoms with Crippen LogP contribution in [0.15, 0.2) is 30.3 Å². The van der Waals surface area contributed by atoms with Gasteiger partial charge in [0.1, 0.15) is 11.6 Å². The molecule has 1 atom stereocenters. The predicted octanol–water partition coefficient (Wildman–Crippen LogP) is 5.84. The fraction of sp³-hybridized carbons (Fsp3) is 0.409. The van der Waals surface area contributed by atoms with Crippen LogP contribution in [-0.4, -0.2) is 0 Å². The Balaban J connectivity index is 1.81. The standard InChI is InChI=1S/C22H23F2N/c1-2-3-4-5-15-11-20(23)22(21(24)12-15)19-9-8-17-10-16(14-25)6-7-18(17)13-19/h6-7,10-12,19H,2-5,8-9,13H2,1H3. The van der Waals surface area contributed by atoms with E-state index in [-0.39, 0.29) is 11.5 Å². The van der Waals surface area contributed by atoms with Gasteiger partial charge in [0.15, 0.2) is 0 Å². The van der Waals surface area contributed by atoms with E-state index < -0.39 is 11.6 Å². The van der Waals surface area contributed by atoms with Gasteiger partial charge >= 0.3 is 0 Å². The van der Waals surface area contributed by atoms with Crippen molar-refractivity contribution in [1.29, 1.82) is 5.26 Å². The maximum atomic E-state index is 14.6. The molecule has 3 heteroatoms.